The van der Waals surface area contributed by atoms with Gasteiger partial charge in [-0.05, 0) is 99.0 Å². The van der Waals surface area contributed by atoms with Crippen molar-refractivity contribution in [3.8, 4) is 0 Å². The van der Waals surface area contributed by atoms with E-state index in [4.69, 9.17) is 37.9 Å². The Hall–Kier alpha value is -1.44. The minimum atomic E-state index is -0.369. The molecule has 2 N–H and O–H groups in total. The van der Waals surface area contributed by atoms with E-state index < -0.39 is 0 Å². The van der Waals surface area contributed by atoms with Crippen LogP contribution in [0, 0.1) is 47.3 Å². The van der Waals surface area contributed by atoms with Crippen LogP contribution in [0.5, 0.6) is 0 Å². The van der Waals surface area contributed by atoms with Gasteiger partial charge in [-0.25, -0.2) is 0 Å². The van der Waals surface area contributed by atoms with Crippen LogP contribution >= 0.6 is 0 Å². The van der Waals surface area contributed by atoms with Crippen molar-refractivity contribution in [1.29, 1.82) is 0 Å². The second-order valence-corrected chi connectivity index (χ2v) is 17.9. The van der Waals surface area contributed by atoms with Crippen LogP contribution in [0.3, 0.4) is 0 Å². The molecular weight excluding hydrogens is 737 g/mol. The van der Waals surface area contributed by atoms with E-state index in [-0.39, 0.29) is 73.2 Å². The third-order valence-corrected chi connectivity index (χ3v) is 14.0. The predicted octanol–water partition coefficient (Wildman–Crippen LogP) is 8.45. The summed E-state index contributed by atoms with van der Waals surface area (Å²) < 4.78 is 48.2. The van der Waals surface area contributed by atoms with Crippen LogP contribution in [0.25, 0.3) is 0 Å². The Balaban J connectivity index is 1.24. The van der Waals surface area contributed by atoms with E-state index in [1.54, 1.807) is 28.4 Å². The molecule has 0 radical (unpaired) electrons. The Labute approximate surface area is 352 Å². The molecule has 18 atom stereocenters. The van der Waals surface area contributed by atoms with Crippen molar-refractivity contribution < 1.29 is 48.1 Å². The molecule has 0 spiro atoms. The van der Waals surface area contributed by atoms with Gasteiger partial charge in [0.2, 0.25) is 0 Å². The van der Waals surface area contributed by atoms with Gasteiger partial charge in [-0.15, -0.1) is 0 Å². The Morgan fingerprint density at radius 2 is 1.05 bits per heavy atom. The van der Waals surface area contributed by atoms with E-state index in [1.165, 1.54) is 0 Å². The molecule has 2 saturated heterocycles. The molecule has 0 bridgehead atoms. The average molecular weight is 819 g/mol. The molecule has 2 saturated carbocycles. The van der Waals surface area contributed by atoms with Crippen molar-refractivity contribution in [2.45, 2.75) is 168 Å². The fourth-order valence-corrected chi connectivity index (χ4v) is 9.92. The number of rotatable bonds is 25. The fraction of sp³-hybridized carbons (Fsp3) is 0.833. The van der Waals surface area contributed by atoms with Gasteiger partial charge in [-0.2, -0.15) is 0 Å². The van der Waals surface area contributed by atoms with E-state index >= 15 is 0 Å². The summed E-state index contributed by atoms with van der Waals surface area (Å²) >= 11 is 0. The molecule has 10 heteroatoms. The molecule has 10 nitrogen and oxygen atoms in total. The lowest BCUT2D eigenvalue weighted by atomic mass is 9.91. The summed E-state index contributed by atoms with van der Waals surface area (Å²) in [6, 6.07) is 0. The van der Waals surface area contributed by atoms with Crippen LogP contribution < -0.4 is 0 Å². The van der Waals surface area contributed by atoms with Crippen molar-refractivity contribution in [2.24, 2.45) is 47.3 Å². The quantitative estimate of drug-likeness (QED) is 0.0688. The van der Waals surface area contributed by atoms with E-state index in [0.717, 1.165) is 62.5 Å². The molecule has 0 aromatic rings. The molecule has 334 valence electrons. The number of aliphatic hydroxyl groups is 2. The van der Waals surface area contributed by atoms with Gasteiger partial charge in [0.25, 0.3) is 0 Å². The van der Waals surface area contributed by atoms with Crippen molar-refractivity contribution in [3.63, 3.8) is 0 Å². The summed E-state index contributed by atoms with van der Waals surface area (Å²) in [6.07, 6.45) is 18.1. The van der Waals surface area contributed by atoms with Crippen LogP contribution in [-0.4, -0.2) is 113 Å². The molecule has 58 heavy (non-hydrogen) atoms. The van der Waals surface area contributed by atoms with Gasteiger partial charge in [-0.3, -0.25) is 0 Å². The molecular formula is C48H82O10. The average Bonchev–Trinajstić information content (AvgIpc) is 4.18. The highest BCUT2D eigenvalue weighted by molar-refractivity contribution is 5.19. The van der Waals surface area contributed by atoms with E-state index in [9.17, 15) is 10.2 Å². The molecule has 0 amide bonds. The third-order valence-electron chi connectivity index (χ3n) is 14.0. The van der Waals surface area contributed by atoms with Crippen LogP contribution in [0.4, 0.5) is 0 Å². The van der Waals surface area contributed by atoms with Crippen molar-refractivity contribution in [1.82, 2.24) is 0 Å². The second-order valence-electron chi connectivity index (χ2n) is 17.9. The Morgan fingerprint density at radius 1 is 0.603 bits per heavy atom. The largest absolute Gasteiger partial charge is 0.392 e. The zero-order valence-electron chi connectivity index (χ0n) is 38.1. The molecule has 4 rings (SSSR count). The number of allylic oxidation sites excluding steroid dienone is 4. The molecule has 4 aliphatic rings. The Kier molecular flexibility index (Phi) is 20.6. The third kappa shape index (κ3) is 13.5. The Morgan fingerprint density at radius 3 is 1.52 bits per heavy atom. The van der Waals surface area contributed by atoms with Crippen LogP contribution in [0.2, 0.25) is 0 Å². The maximum Gasteiger partial charge on any atom is 0.158 e. The summed E-state index contributed by atoms with van der Waals surface area (Å²) in [5.74, 6) is 2.67. The van der Waals surface area contributed by atoms with Gasteiger partial charge in [0.15, 0.2) is 12.6 Å². The smallest absolute Gasteiger partial charge is 0.158 e. The number of aliphatic hydroxyl groups excluding tert-OH is 2. The highest BCUT2D eigenvalue weighted by atomic mass is 16.7. The van der Waals surface area contributed by atoms with Crippen molar-refractivity contribution in [3.05, 3.63) is 47.6 Å². The topological polar surface area (TPSA) is 114 Å². The van der Waals surface area contributed by atoms with Gasteiger partial charge >= 0.3 is 0 Å². The van der Waals surface area contributed by atoms with Gasteiger partial charge in [-0.1, -0.05) is 78.0 Å². The molecule has 2 aliphatic carbocycles. The molecule has 0 aromatic heterocycles. The first-order chi connectivity index (χ1) is 27.8. The number of methoxy groups -OCH3 is 4. The minimum absolute atomic E-state index is 0.0428. The highest BCUT2D eigenvalue weighted by Gasteiger charge is 2.49. The van der Waals surface area contributed by atoms with Crippen LogP contribution in [0.1, 0.15) is 107 Å². The lowest BCUT2D eigenvalue weighted by molar-refractivity contribution is -0.231. The fourth-order valence-electron chi connectivity index (χ4n) is 9.92. The predicted molar refractivity (Wildman–Crippen MR) is 229 cm³/mol. The van der Waals surface area contributed by atoms with Gasteiger partial charge in [0.05, 0.1) is 49.8 Å². The SMILES string of the molecule is CC[C@H](OC)[C@@H](C)[C@H]1CC1[C@H](O)[C@@H](C)/C=C/C=C(\C)[C@H]1O[C@@H](OCCO[C@@H]2CC[C@H](OC)O[C@@H]2/C(C)=C/C=C/[C@H](C)[C@@H](O)C2CC2[C@H](C)[C@H](CC)OC)CC[C@@H]1OC. The second kappa shape index (κ2) is 24.3. The van der Waals surface area contributed by atoms with Gasteiger partial charge in [0.1, 0.15) is 12.2 Å². The summed E-state index contributed by atoms with van der Waals surface area (Å²) in [5, 5.41) is 22.2. The first-order valence-corrected chi connectivity index (χ1v) is 22.5. The number of hydrogen-bond acceptors (Lipinski definition) is 10. The summed E-state index contributed by atoms with van der Waals surface area (Å²) in [7, 11) is 7.00. The zero-order valence-corrected chi connectivity index (χ0v) is 38.1. The number of ether oxygens (including phenoxy) is 8. The summed E-state index contributed by atoms with van der Waals surface area (Å²) in [6.45, 7) is 18.0. The van der Waals surface area contributed by atoms with Crippen molar-refractivity contribution in [2.75, 3.05) is 41.7 Å². The highest BCUT2D eigenvalue weighted by Crippen LogP contribution is 2.51. The lowest BCUT2D eigenvalue weighted by Crippen LogP contribution is -2.43. The molecule has 2 aliphatic heterocycles. The van der Waals surface area contributed by atoms with Crippen molar-refractivity contribution >= 4 is 0 Å². The van der Waals surface area contributed by atoms with Crippen LogP contribution in [-0.2, 0) is 37.9 Å². The van der Waals surface area contributed by atoms with E-state index in [0.29, 0.717) is 48.7 Å². The normalized spacial score (nSPS) is 35.1. The maximum absolute atomic E-state index is 11.1. The van der Waals surface area contributed by atoms with Crippen LogP contribution in [0.15, 0.2) is 47.6 Å². The summed E-state index contributed by atoms with van der Waals surface area (Å²) in [5.41, 5.74) is 2.11. The molecule has 4 fully saturated rings. The Bertz CT molecular complexity index is 1310. The first kappa shape index (κ1) is 49.2. The van der Waals surface area contributed by atoms with Gasteiger partial charge in [0, 0.05) is 53.1 Å². The summed E-state index contributed by atoms with van der Waals surface area (Å²) in [4.78, 5) is 0. The standard InChI is InChI=1S/C48H82O10/c1-13-39(51-9)33(7)35-27-37(35)45(49)29(3)17-15-19-31(5)47-41(53-11)21-24-44(58-47)56-26-25-55-42-22-23-43(54-12)57-48(42)32(6)20-16-18-30(4)46(50)38-28-36(38)34(8)40(14-2)52-10/h15-20,29-30,33-50H,13-14,21-28H2,1-12H3/b17-15+,18-16+,31-19+,32-20+/t29-,30-,33-,34-,35+,36?,37?,38?,39-,40-,41-,42+,43+,44+,45+,46+,47+,48+/m0/s1. The number of hydrogen-bond donors (Lipinski definition) is 2. The molecule has 2 heterocycles. The van der Waals surface area contributed by atoms with E-state index in [2.05, 4.69) is 79.7 Å². The maximum atomic E-state index is 11.1. The van der Waals surface area contributed by atoms with E-state index in [1.807, 2.05) is 12.2 Å². The molecule has 3 unspecified atom stereocenters. The van der Waals surface area contributed by atoms with Gasteiger partial charge < -0.3 is 48.1 Å². The molecule has 0 aromatic carbocycles. The first-order valence-electron chi connectivity index (χ1n) is 22.5. The lowest BCUT2D eigenvalue weighted by Gasteiger charge is -2.37. The monoisotopic (exact) mass is 819 g/mol. The zero-order chi connectivity index (χ0) is 42.5. The minimum Gasteiger partial charge on any atom is -0.392 e.